The van der Waals surface area contributed by atoms with E-state index in [1.807, 2.05) is 30.3 Å². The van der Waals surface area contributed by atoms with Gasteiger partial charge in [0, 0.05) is 25.9 Å². The molecule has 1 aromatic rings. The lowest BCUT2D eigenvalue weighted by Crippen LogP contribution is -2.47. The normalized spacial score (nSPS) is 12.2. The van der Waals surface area contributed by atoms with Crippen molar-refractivity contribution in [2.24, 2.45) is 0 Å². The van der Waals surface area contributed by atoms with Crippen LogP contribution in [0, 0.1) is 0 Å². The summed E-state index contributed by atoms with van der Waals surface area (Å²) in [6.07, 6.45) is 0.159. The van der Waals surface area contributed by atoms with Gasteiger partial charge in [0.2, 0.25) is 0 Å². The van der Waals surface area contributed by atoms with Crippen molar-refractivity contribution in [1.29, 1.82) is 0 Å². The molecule has 7 heteroatoms. The van der Waals surface area contributed by atoms with E-state index in [1.165, 1.54) is 12.0 Å². The number of benzene rings is 1. The summed E-state index contributed by atoms with van der Waals surface area (Å²) in [5, 5.41) is 3.11. The van der Waals surface area contributed by atoms with Crippen LogP contribution in [0.4, 0.5) is 10.5 Å². The molecule has 1 aromatic carbocycles. The van der Waals surface area contributed by atoms with E-state index in [9.17, 15) is 9.59 Å². The van der Waals surface area contributed by atoms with E-state index in [2.05, 4.69) is 5.32 Å². The van der Waals surface area contributed by atoms with Crippen LogP contribution < -0.4 is 5.32 Å². The molecule has 146 valence electrons. The van der Waals surface area contributed by atoms with E-state index in [4.69, 9.17) is 14.2 Å². The minimum atomic E-state index is -0.711. The molecule has 0 saturated heterocycles. The molecule has 0 aliphatic heterocycles. The number of nitrogens with one attached hydrogen (secondary N) is 1. The van der Waals surface area contributed by atoms with Crippen LogP contribution in [0.5, 0.6) is 0 Å². The zero-order chi connectivity index (χ0) is 19.6. The predicted octanol–water partition coefficient (Wildman–Crippen LogP) is 2.91. The third-order valence-corrected chi connectivity index (χ3v) is 3.43. The first kappa shape index (κ1) is 21.8. The number of para-hydroxylation sites is 1. The highest BCUT2D eigenvalue weighted by Gasteiger charge is 2.28. The Morgan fingerprint density at radius 3 is 2.35 bits per heavy atom. The third kappa shape index (κ3) is 8.20. The highest BCUT2D eigenvalue weighted by atomic mass is 16.6. The topological polar surface area (TPSA) is 77.1 Å². The van der Waals surface area contributed by atoms with Gasteiger partial charge in [0.05, 0.1) is 13.7 Å². The molecule has 7 nitrogen and oxygen atoms in total. The van der Waals surface area contributed by atoms with Crippen molar-refractivity contribution in [2.45, 2.75) is 38.8 Å². The maximum Gasteiger partial charge on any atom is 0.410 e. The summed E-state index contributed by atoms with van der Waals surface area (Å²) in [6.45, 7) is 6.45. The number of carbonyl (C=O) groups excluding carboxylic acids is 2. The van der Waals surface area contributed by atoms with Crippen LogP contribution in [-0.4, -0.2) is 62.5 Å². The van der Waals surface area contributed by atoms with Crippen molar-refractivity contribution in [3.05, 3.63) is 30.3 Å². The number of hydrogen-bond acceptors (Lipinski definition) is 6. The summed E-state index contributed by atoms with van der Waals surface area (Å²) in [7, 11) is 2.93. The van der Waals surface area contributed by atoms with Gasteiger partial charge < -0.3 is 24.4 Å². The number of anilines is 1. The molecule has 26 heavy (non-hydrogen) atoms. The highest BCUT2D eigenvalue weighted by molar-refractivity contribution is 5.80. The average Bonchev–Trinajstić information content (AvgIpc) is 2.58. The minimum absolute atomic E-state index is 0.125. The zero-order valence-corrected chi connectivity index (χ0v) is 16.3. The minimum Gasteiger partial charge on any atom is -0.467 e. The van der Waals surface area contributed by atoms with Gasteiger partial charge >= 0.3 is 12.1 Å². The molecule has 1 atom stereocenters. The Morgan fingerprint density at radius 2 is 1.81 bits per heavy atom. The van der Waals surface area contributed by atoms with Crippen LogP contribution in [0.3, 0.4) is 0 Å². The fourth-order valence-electron chi connectivity index (χ4n) is 2.26. The van der Waals surface area contributed by atoms with Gasteiger partial charge in [0.25, 0.3) is 0 Å². The Hall–Kier alpha value is -2.28. The first-order valence-electron chi connectivity index (χ1n) is 8.63. The Labute approximate surface area is 155 Å². The van der Waals surface area contributed by atoms with Gasteiger partial charge in [0.15, 0.2) is 0 Å². The van der Waals surface area contributed by atoms with Gasteiger partial charge in [-0.2, -0.15) is 0 Å². The molecule has 0 radical (unpaired) electrons. The molecule has 1 rings (SSSR count). The van der Waals surface area contributed by atoms with Crippen LogP contribution in [0.25, 0.3) is 0 Å². The smallest absolute Gasteiger partial charge is 0.410 e. The third-order valence-electron chi connectivity index (χ3n) is 3.43. The fourth-order valence-corrected chi connectivity index (χ4v) is 2.26. The Kier molecular flexibility index (Phi) is 8.92. The monoisotopic (exact) mass is 366 g/mol. The number of rotatable bonds is 9. The average molecular weight is 366 g/mol. The standard InChI is InChI=1S/C19H30N2O5/c1-19(2,3)26-18(23)21(12-9-13-24-4)14-16(17(22)25-5)20-15-10-7-6-8-11-15/h6-8,10-11,16,20H,9,12-14H2,1-5H3/t16-/m0/s1. The summed E-state index contributed by atoms with van der Waals surface area (Å²) in [5.74, 6) is -0.450. The molecule has 1 amide bonds. The zero-order valence-electron chi connectivity index (χ0n) is 16.3. The molecule has 0 saturated carbocycles. The summed E-state index contributed by atoms with van der Waals surface area (Å²) in [4.78, 5) is 26.2. The van der Waals surface area contributed by atoms with Gasteiger partial charge in [-0.15, -0.1) is 0 Å². The number of amides is 1. The van der Waals surface area contributed by atoms with Crippen molar-refractivity contribution < 1.29 is 23.8 Å². The molecule has 0 aromatic heterocycles. The van der Waals surface area contributed by atoms with Crippen molar-refractivity contribution in [2.75, 3.05) is 39.2 Å². The number of ether oxygens (including phenoxy) is 3. The number of esters is 1. The van der Waals surface area contributed by atoms with E-state index in [0.717, 1.165) is 5.69 Å². The molecular formula is C19H30N2O5. The van der Waals surface area contributed by atoms with E-state index in [-0.39, 0.29) is 6.54 Å². The summed E-state index contributed by atoms with van der Waals surface area (Å²) < 4.78 is 15.4. The Bertz CT molecular complexity index is 557. The van der Waals surface area contributed by atoms with Gasteiger partial charge in [-0.05, 0) is 39.3 Å². The van der Waals surface area contributed by atoms with Gasteiger partial charge in [-0.1, -0.05) is 18.2 Å². The maximum atomic E-state index is 12.5. The lowest BCUT2D eigenvalue weighted by atomic mass is 10.2. The van der Waals surface area contributed by atoms with Crippen molar-refractivity contribution in [3.8, 4) is 0 Å². The van der Waals surface area contributed by atoms with Gasteiger partial charge in [-0.3, -0.25) is 0 Å². The summed E-state index contributed by atoms with van der Waals surface area (Å²) in [5.41, 5.74) is 0.147. The van der Waals surface area contributed by atoms with Crippen LogP contribution in [0.15, 0.2) is 30.3 Å². The molecule has 0 unspecified atom stereocenters. The fraction of sp³-hybridized carbons (Fsp3) is 0.579. The molecule has 0 aliphatic carbocycles. The predicted molar refractivity (Wildman–Crippen MR) is 100 cm³/mol. The molecule has 0 heterocycles. The van der Waals surface area contributed by atoms with Gasteiger partial charge in [0.1, 0.15) is 11.6 Å². The first-order valence-corrected chi connectivity index (χ1v) is 8.63. The van der Waals surface area contributed by atoms with E-state index in [0.29, 0.717) is 19.6 Å². The SMILES string of the molecule is COCCCN(C[C@H](Nc1ccccc1)C(=O)OC)C(=O)OC(C)(C)C. The maximum absolute atomic E-state index is 12.5. The molecule has 1 N–H and O–H groups in total. The van der Waals surface area contributed by atoms with Crippen molar-refractivity contribution >= 4 is 17.7 Å². The van der Waals surface area contributed by atoms with Crippen molar-refractivity contribution in [3.63, 3.8) is 0 Å². The summed E-state index contributed by atoms with van der Waals surface area (Å²) in [6, 6.07) is 8.59. The molecule has 0 spiro atoms. The number of methoxy groups -OCH3 is 2. The summed E-state index contributed by atoms with van der Waals surface area (Å²) >= 11 is 0. The highest BCUT2D eigenvalue weighted by Crippen LogP contribution is 2.13. The van der Waals surface area contributed by atoms with Crippen LogP contribution in [-0.2, 0) is 19.0 Å². The first-order chi connectivity index (χ1) is 12.3. The largest absolute Gasteiger partial charge is 0.467 e. The van der Waals surface area contributed by atoms with Gasteiger partial charge in [-0.25, -0.2) is 9.59 Å². The quantitative estimate of drug-likeness (QED) is 0.535. The second-order valence-corrected chi connectivity index (χ2v) is 6.86. The number of hydrogen-bond donors (Lipinski definition) is 1. The molecule has 0 fully saturated rings. The van der Waals surface area contributed by atoms with E-state index in [1.54, 1.807) is 27.9 Å². The van der Waals surface area contributed by atoms with Crippen molar-refractivity contribution in [1.82, 2.24) is 4.90 Å². The number of carbonyl (C=O) groups is 2. The Balaban J connectivity index is 2.89. The second kappa shape index (κ2) is 10.7. The van der Waals surface area contributed by atoms with Crippen LogP contribution >= 0.6 is 0 Å². The van der Waals surface area contributed by atoms with Crippen LogP contribution in [0.2, 0.25) is 0 Å². The van der Waals surface area contributed by atoms with Crippen LogP contribution in [0.1, 0.15) is 27.2 Å². The van der Waals surface area contributed by atoms with E-state index < -0.39 is 23.7 Å². The molecule has 0 bridgehead atoms. The molecular weight excluding hydrogens is 336 g/mol. The Morgan fingerprint density at radius 1 is 1.15 bits per heavy atom. The lowest BCUT2D eigenvalue weighted by molar-refractivity contribution is -0.141. The second-order valence-electron chi connectivity index (χ2n) is 6.86. The lowest BCUT2D eigenvalue weighted by Gasteiger charge is -2.30. The number of nitrogens with zero attached hydrogens (tertiary/aromatic N) is 1. The van der Waals surface area contributed by atoms with E-state index >= 15 is 0 Å². The molecule has 0 aliphatic rings.